The third-order valence-electron chi connectivity index (χ3n) is 3.12. The Labute approximate surface area is 112 Å². The lowest BCUT2D eigenvalue weighted by Crippen LogP contribution is -2.11. The highest BCUT2D eigenvalue weighted by atomic mass is 35.5. The SMILES string of the molecule is Clc1cnccc1CC(Cl)CCC1CCCO1. The highest BCUT2D eigenvalue weighted by molar-refractivity contribution is 6.31. The predicted octanol–water partition coefficient (Wildman–Crippen LogP) is 3.84. The molecule has 2 heterocycles. The van der Waals surface area contributed by atoms with Crippen LogP contribution < -0.4 is 0 Å². The number of nitrogens with zero attached hydrogens (tertiary/aromatic N) is 1. The van der Waals surface area contributed by atoms with E-state index in [0.29, 0.717) is 11.1 Å². The van der Waals surface area contributed by atoms with E-state index in [2.05, 4.69) is 4.98 Å². The average Bonchev–Trinajstić information content (AvgIpc) is 2.82. The van der Waals surface area contributed by atoms with Gasteiger partial charge in [0.25, 0.3) is 0 Å². The number of aromatic nitrogens is 1. The Morgan fingerprint density at radius 3 is 3.12 bits per heavy atom. The van der Waals surface area contributed by atoms with E-state index in [4.69, 9.17) is 27.9 Å². The minimum atomic E-state index is 0.124. The largest absolute Gasteiger partial charge is 0.378 e. The second kappa shape index (κ2) is 6.58. The first-order valence-electron chi connectivity index (χ1n) is 6.10. The fraction of sp³-hybridized carbons (Fsp3) is 0.615. The zero-order chi connectivity index (χ0) is 12.1. The van der Waals surface area contributed by atoms with Crippen molar-refractivity contribution < 1.29 is 4.74 Å². The highest BCUT2D eigenvalue weighted by Crippen LogP contribution is 2.23. The zero-order valence-corrected chi connectivity index (χ0v) is 11.3. The van der Waals surface area contributed by atoms with Gasteiger partial charge in [0.1, 0.15) is 0 Å². The van der Waals surface area contributed by atoms with Crippen molar-refractivity contribution in [1.29, 1.82) is 0 Å². The molecule has 2 atom stereocenters. The maximum Gasteiger partial charge on any atom is 0.0621 e. The van der Waals surface area contributed by atoms with Gasteiger partial charge in [-0.15, -0.1) is 11.6 Å². The van der Waals surface area contributed by atoms with Crippen LogP contribution in [0.5, 0.6) is 0 Å². The van der Waals surface area contributed by atoms with Gasteiger partial charge in [-0.2, -0.15) is 0 Å². The second-order valence-electron chi connectivity index (χ2n) is 4.48. The summed E-state index contributed by atoms with van der Waals surface area (Å²) in [5.41, 5.74) is 1.08. The summed E-state index contributed by atoms with van der Waals surface area (Å²) in [7, 11) is 0. The average molecular weight is 274 g/mol. The molecule has 1 aromatic heterocycles. The molecule has 2 nitrogen and oxygen atoms in total. The molecular formula is C13H17Cl2NO. The van der Waals surface area contributed by atoms with Gasteiger partial charge < -0.3 is 4.74 Å². The van der Waals surface area contributed by atoms with Crippen molar-refractivity contribution in [3.63, 3.8) is 0 Å². The van der Waals surface area contributed by atoms with Crippen molar-refractivity contribution in [3.8, 4) is 0 Å². The van der Waals surface area contributed by atoms with Crippen LogP contribution >= 0.6 is 23.2 Å². The number of rotatable bonds is 5. The number of halogens is 2. The smallest absolute Gasteiger partial charge is 0.0621 e. The van der Waals surface area contributed by atoms with Crippen LogP contribution in [0.2, 0.25) is 5.02 Å². The molecule has 94 valence electrons. The molecule has 2 unspecified atom stereocenters. The Kier molecular flexibility index (Phi) is 5.08. The predicted molar refractivity (Wildman–Crippen MR) is 70.8 cm³/mol. The lowest BCUT2D eigenvalue weighted by molar-refractivity contribution is 0.102. The monoisotopic (exact) mass is 273 g/mol. The molecule has 0 amide bonds. The third-order valence-corrected chi connectivity index (χ3v) is 3.84. The Balaban J connectivity index is 1.76. The molecule has 1 aliphatic heterocycles. The van der Waals surface area contributed by atoms with Gasteiger partial charge in [-0.05, 0) is 43.7 Å². The van der Waals surface area contributed by atoms with E-state index in [0.717, 1.165) is 31.4 Å². The van der Waals surface area contributed by atoms with Crippen LogP contribution in [-0.2, 0) is 11.2 Å². The quantitative estimate of drug-likeness (QED) is 0.761. The molecule has 2 rings (SSSR count). The second-order valence-corrected chi connectivity index (χ2v) is 5.51. The van der Waals surface area contributed by atoms with Gasteiger partial charge in [-0.3, -0.25) is 4.98 Å². The maximum atomic E-state index is 6.33. The van der Waals surface area contributed by atoms with E-state index in [1.807, 2.05) is 6.07 Å². The zero-order valence-electron chi connectivity index (χ0n) is 9.74. The highest BCUT2D eigenvalue weighted by Gasteiger charge is 2.17. The van der Waals surface area contributed by atoms with Crippen LogP contribution in [-0.4, -0.2) is 23.1 Å². The minimum Gasteiger partial charge on any atom is -0.378 e. The Morgan fingerprint density at radius 2 is 2.41 bits per heavy atom. The van der Waals surface area contributed by atoms with E-state index in [9.17, 15) is 0 Å². The summed E-state index contributed by atoms with van der Waals surface area (Å²) >= 11 is 12.4. The van der Waals surface area contributed by atoms with E-state index < -0.39 is 0 Å². The molecule has 1 aromatic rings. The molecule has 0 N–H and O–H groups in total. The van der Waals surface area contributed by atoms with Gasteiger partial charge in [0, 0.05) is 24.4 Å². The molecule has 1 aliphatic rings. The van der Waals surface area contributed by atoms with E-state index in [-0.39, 0.29) is 5.38 Å². The summed E-state index contributed by atoms with van der Waals surface area (Å²) in [4.78, 5) is 3.97. The van der Waals surface area contributed by atoms with Crippen LogP contribution in [0.3, 0.4) is 0 Å². The van der Waals surface area contributed by atoms with Crippen LogP contribution in [0.4, 0.5) is 0 Å². The van der Waals surface area contributed by atoms with Gasteiger partial charge in [0.2, 0.25) is 0 Å². The Hall–Kier alpha value is -0.310. The number of hydrogen-bond donors (Lipinski definition) is 0. The summed E-state index contributed by atoms with van der Waals surface area (Å²) in [5, 5.41) is 0.828. The van der Waals surface area contributed by atoms with Gasteiger partial charge in [0.05, 0.1) is 11.1 Å². The fourth-order valence-electron chi connectivity index (χ4n) is 2.15. The summed E-state index contributed by atoms with van der Waals surface area (Å²) in [6.07, 6.45) is 9.04. The van der Waals surface area contributed by atoms with Crippen LogP contribution in [0, 0.1) is 0 Å². The molecule has 4 heteroatoms. The van der Waals surface area contributed by atoms with Crippen molar-refractivity contribution in [3.05, 3.63) is 29.0 Å². The normalized spacial score (nSPS) is 21.6. The first-order valence-corrected chi connectivity index (χ1v) is 6.91. The van der Waals surface area contributed by atoms with Crippen LogP contribution in [0.1, 0.15) is 31.2 Å². The van der Waals surface area contributed by atoms with Crippen molar-refractivity contribution in [2.75, 3.05) is 6.61 Å². The molecule has 0 radical (unpaired) electrons. The lowest BCUT2D eigenvalue weighted by atomic mass is 10.0. The van der Waals surface area contributed by atoms with Crippen molar-refractivity contribution in [1.82, 2.24) is 4.98 Å². The van der Waals surface area contributed by atoms with Crippen molar-refractivity contribution in [2.24, 2.45) is 0 Å². The topological polar surface area (TPSA) is 22.1 Å². The molecule has 0 bridgehead atoms. The molecule has 1 fully saturated rings. The lowest BCUT2D eigenvalue weighted by Gasteiger charge is -2.13. The van der Waals surface area contributed by atoms with Gasteiger partial charge in [-0.1, -0.05) is 11.6 Å². The standard InChI is InChI=1S/C13H17Cl2NO/c14-11(3-4-12-2-1-7-17-12)8-10-5-6-16-9-13(10)15/h5-6,9,11-12H,1-4,7-8H2. The number of hydrogen-bond acceptors (Lipinski definition) is 2. The number of alkyl halides is 1. The fourth-order valence-corrected chi connectivity index (χ4v) is 2.64. The first kappa shape index (κ1) is 13.1. The van der Waals surface area contributed by atoms with Crippen LogP contribution in [0.15, 0.2) is 18.5 Å². The van der Waals surface area contributed by atoms with Gasteiger partial charge in [-0.25, -0.2) is 0 Å². The van der Waals surface area contributed by atoms with Crippen molar-refractivity contribution in [2.45, 2.75) is 43.6 Å². The Morgan fingerprint density at radius 1 is 1.53 bits per heavy atom. The van der Waals surface area contributed by atoms with Gasteiger partial charge >= 0.3 is 0 Å². The summed E-state index contributed by atoms with van der Waals surface area (Å²) in [6.45, 7) is 0.911. The maximum absolute atomic E-state index is 6.33. The van der Waals surface area contributed by atoms with Crippen LogP contribution in [0.25, 0.3) is 0 Å². The molecule has 0 spiro atoms. The summed E-state index contributed by atoms with van der Waals surface area (Å²) < 4.78 is 5.58. The summed E-state index contributed by atoms with van der Waals surface area (Å²) in [6, 6.07) is 1.93. The number of ether oxygens (including phenoxy) is 1. The molecule has 0 aliphatic carbocycles. The third kappa shape index (κ3) is 4.13. The number of pyridine rings is 1. The molecule has 1 saturated heterocycles. The Bertz CT molecular complexity index is 353. The van der Waals surface area contributed by atoms with Crippen molar-refractivity contribution >= 4 is 23.2 Å². The molecule has 0 aromatic carbocycles. The van der Waals surface area contributed by atoms with E-state index in [1.165, 1.54) is 12.8 Å². The summed E-state index contributed by atoms with van der Waals surface area (Å²) in [5.74, 6) is 0. The molecular weight excluding hydrogens is 257 g/mol. The van der Waals surface area contributed by atoms with Gasteiger partial charge in [0.15, 0.2) is 0 Å². The molecule has 0 saturated carbocycles. The first-order chi connectivity index (χ1) is 8.25. The van der Waals surface area contributed by atoms with E-state index in [1.54, 1.807) is 12.4 Å². The molecule has 17 heavy (non-hydrogen) atoms. The van der Waals surface area contributed by atoms with E-state index >= 15 is 0 Å². The minimum absolute atomic E-state index is 0.124.